The van der Waals surface area contributed by atoms with E-state index in [0.29, 0.717) is 17.0 Å². The quantitative estimate of drug-likeness (QED) is 0.265. The fraction of sp³-hybridized carbons (Fsp3) is 0.440. The van der Waals surface area contributed by atoms with Gasteiger partial charge in [0.25, 0.3) is 5.69 Å². The highest BCUT2D eigenvalue weighted by Gasteiger charge is 2.33. The third kappa shape index (κ3) is 8.45. The highest BCUT2D eigenvalue weighted by atomic mass is 35.5. The summed E-state index contributed by atoms with van der Waals surface area (Å²) in [7, 11) is -2.86. The fourth-order valence-electron chi connectivity index (χ4n) is 3.78. The lowest BCUT2D eigenvalue weighted by atomic mass is 10.1. The maximum Gasteiger partial charge on any atom is 0.271 e. The van der Waals surface area contributed by atoms with Gasteiger partial charge in [0.1, 0.15) is 24.0 Å². The molecule has 0 heterocycles. The zero-order valence-electron chi connectivity index (χ0n) is 22.3. The second-order valence-electron chi connectivity index (χ2n) is 8.89. The van der Waals surface area contributed by atoms with Crippen molar-refractivity contribution in [2.75, 3.05) is 24.2 Å². The van der Waals surface area contributed by atoms with Crippen LogP contribution in [0.25, 0.3) is 0 Å². The number of carbonyl (C=O) groups excluding carboxylic acids is 2. The Bertz CT molecular complexity index is 1320. The largest absolute Gasteiger partial charge is 0.495 e. The van der Waals surface area contributed by atoms with Gasteiger partial charge in [-0.1, -0.05) is 43.1 Å². The smallest absolute Gasteiger partial charge is 0.271 e. The summed E-state index contributed by atoms with van der Waals surface area (Å²) in [6, 6.07) is 7.07. The number of rotatable bonds is 13. The van der Waals surface area contributed by atoms with Crippen molar-refractivity contribution in [2.24, 2.45) is 0 Å². The number of benzene rings is 2. The molecule has 2 atom stereocenters. The molecule has 1 N–H and O–H groups in total. The summed E-state index contributed by atoms with van der Waals surface area (Å²) in [4.78, 5) is 39.0. The van der Waals surface area contributed by atoms with E-state index in [1.807, 2.05) is 13.8 Å². The number of anilines is 1. The van der Waals surface area contributed by atoms with E-state index in [0.717, 1.165) is 22.7 Å². The van der Waals surface area contributed by atoms with E-state index in [1.165, 1.54) is 18.1 Å². The van der Waals surface area contributed by atoms with Gasteiger partial charge in [0.15, 0.2) is 0 Å². The van der Waals surface area contributed by atoms with Crippen LogP contribution in [0.1, 0.15) is 39.2 Å². The van der Waals surface area contributed by atoms with Crippen LogP contribution in [0.2, 0.25) is 10.0 Å². The second-order valence-corrected chi connectivity index (χ2v) is 11.6. The van der Waals surface area contributed by atoms with Gasteiger partial charge in [-0.15, -0.1) is 0 Å². The van der Waals surface area contributed by atoms with Crippen molar-refractivity contribution in [1.82, 2.24) is 10.2 Å². The average Bonchev–Trinajstić information content (AvgIpc) is 2.87. The minimum Gasteiger partial charge on any atom is -0.495 e. The van der Waals surface area contributed by atoms with Gasteiger partial charge < -0.3 is 15.0 Å². The molecule has 2 amide bonds. The molecule has 14 heteroatoms. The highest BCUT2D eigenvalue weighted by molar-refractivity contribution is 7.92. The molecular formula is C25H32Cl2N4O7S. The van der Waals surface area contributed by atoms with E-state index in [9.17, 15) is 28.1 Å². The predicted octanol–water partition coefficient (Wildman–Crippen LogP) is 4.40. The van der Waals surface area contributed by atoms with Gasteiger partial charge in [0.2, 0.25) is 21.8 Å². The van der Waals surface area contributed by atoms with Gasteiger partial charge in [-0.05, 0) is 43.5 Å². The molecule has 0 spiro atoms. The Morgan fingerprint density at radius 1 is 1.10 bits per heavy atom. The maximum atomic E-state index is 13.8. The number of methoxy groups -OCH3 is 1. The van der Waals surface area contributed by atoms with E-state index >= 15 is 0 Å². The Kier molecular flexibility index (Phi) is 11.4. The zero-order valence-corrected chi connectivity index (χ0v) is 24.6. The minimum atomic E-state index is -4.14. The number of nitro benzene ring substituents is 1. The van der Waals surface area contributed by atoms with Crippen molar-refractivity contribution in [1.29, 1.82) is 0 Å². The summed E-state index contributed by atoms with van der Waals surface area (Å²) in [6.07, 6.45) is 1.76. The third-order valence-electron chi connectivity index (χ3n) is 6.05. The van der Waals surface area contributed by atoms with Crippen molar-refractivity contribution in [3.8, 4) is 5.75 Å². The number of amides is 2. The summed E-state index contributed by atoms with van der Waals surface area (Å²) >= 11 is 12.2. The van der Waals surface area contributed by atoms with Crippen LogP contribution in [0.5, 0.6) is 5.75 Å². The Hall–Kier alpha value is -3.09. The summed E-state index contributed by atoms with van der Waals surface area (Å²) in [5.74, 6) is -1.11. The Labute approximate surface area is 238 Å². The standard InChI is InChI=1S/C25H32Cl2N4O7S/c1-6-16(3)28-25(33)21(7-2)29(14-17-8-10-19(26)20(27)12-17)24(32)15-30(39(5,36)37)22-13-18(31(34)35)9-11-23(22)38-4/h8-13,16,21H,6-7,14-15H2,1-5H3,(H,28,33)/t16-,21-/m0/s1. The van der Waals surface area contributed by atoms with Gasteiger partial charge in [-0.2, -0.15) is 0 Å². The SMILES string of the molecule is CC[C@H](C)NC(=O)[C@H](CC)N(Cc1ccc(Cl)c(Cl)c1)C(=O)CN(c1cc([N+](=O)[O-])ccc1OC)S(C)(=O)=O. The monoisotopic (exact) mass is 602 g/mol. The molecule has 11 nitrogen and oxygen atoms in total. The Morgan fingerprint density at radius 2 is 1.77 bits per heavy atom. The highest BCUT2D eigenvalue weighted by Crippen LogP contribution is 2.34. The van der Waals surface area contributed by atoms with Crippen LogP contribution in [0.3, 0.4) is 0 Å². The Balaban J connectivity index is 2.58. The van der Waals surface area contributed by atoms with E-state index < -0.39 is 39.3 Å². The first-order valence-electron chi connectivity index (χ1n) is 12.1. The lowest BCUT2D eigenvalue weighted by Gasteiger charge is -2.33. The van der Waals surface area contributed by atoms with E-state index in [-0.39, 0.29) is 41.2 Å². The van der Waals surface area contributed by atoms with Gasteiger partial charge >= 0.3 is 0 Å². The lowest BCUT2D eigenvalue weighted by Crippen LogP contribution is -2.53. The first-order valence-corrected chi connectivity index (χ1v) is 14.7. The predicted molar refractivity (Wildman–Crippen MR) is 151 cm³/mol. The van der Waals surface area contributed by atoms with E-state index in [2.05, 4.69) is 5.32 Å². The van der Waals surface area contributed by atoms with Gasteiger partial charge in [0.05, 0.1) is 28.3 Å². The third-order valence-corrected chi connectivity index (χ3v) is 7.91. The van der Waals surface area contributed by atoms with E-state index in [4.69, 9.17) is 27.9 Å². The molecule has 0 aliphatic carbocycles. The van der Waals surface area contributed by atoms with Crippen LogP contribution in [-0.2, 0) is 26.2 Å². The molecule has 0 unspecified atom stereocenters. The molecule has 0 saturated carbocycles. The molecule has 39 heavy (non-hydrogen) atoms. The summed E-state index contributed by atoms with van der Waals surface area (Å²) < 4.78 is 31.7. The van der Waals surface area contributed by atoms with Crippen molar-refractivity contribution in [3.05, 3.63) is 62.1 Å². The number of hydrogen-bond donors (Lipinski definition) is 1. The number of non-ortho nitro benzene ring substituents is 1. The molecule has 0 aliphatic rings. The first-order chi connectivity index (χ1) is 18.2. The van der Waals surface area contributed by atoms with Gasteiger partial charge in [-0.25, -0.2) is 8.42 Å². The van der Waals surface area contributed by atoms with Crippen LogP contribution in [0.4, 0.5) is 11.4 Å². The van der Waals surface area contributed by atoms with Crippen LogP contribution in [0.15, 0.2) is 36.4 Å². The van der Waals surface area contributed by atoms with Crippen molar-refractivity contribution in [2.45, 2.75) is 52.2 Å². The van der Waals surface area contributed by atoms with Crippen LogP contribution >= 0.6 is 23.2 Å². The number of carbonyl (C=O) groups is 2. The molecule has 0 aromatic heterocycles. The maximum absolute atomic E-state index is 13.8. The number of hydrogen-bond acceptors (Lipinski definition) is 7. The number of sulfonamides is 1. The Morgan fingerprint density at radius 3 is 2.28 bits per heavy atom. The molecule has 0 aliphatic heterocycles. The number of halogens is 2. The molecule has 0 saturated heterocycles. The summed E-state index contributed by atoms with van der Waals surface area (Å²) in [5, 5.41) is 14.8. The van der Waals surface area contributed by atoms with Crippen LogP contribution in [0, 0.1) is 10.1 Å². The fourth-order valence-corrected chi connectivity index (χ4v) is 4.94. The molecule has 214 valence electrons. The van der Waals surface area contributed by atoms with Gasteiger partial charge in [-0.3, -0.25) is 24.0 Å². The first kappa shape index (κ1) is 32.1. The molecule has 0 fully saturated rings. The van der Waals surface area contributed by atoms with E-state index in [1.54, 1.807) is 25.1 Å². The lowest BCUT2D eigenvalue weighted by molar-refractivity contribution is -0.384. The number of nitrogens with zero attached hydrogens (tertiary/aromatic N) is 3. The van der Waals surface area contributed by atoms with Crippen molar-refractivity contribution < 1.29 is 27.7 Å². The molecule has 0 bridgehead atoms. The normalized spacial score (nSPS) is 12.8. The topological polar surface area (TPSA) is 139 Å². The zero-order chi connectivity index (χ0) is 29.5. The average molecular weight is 604 g/mol. The molecule has 2 aromatic rings. The van der Waals surface area contributed by atoms with Crippen molar-refractivity contribution >= 4 is 56.4 Å². The number of ether oxygens (including phenoxy) is 1. The molecule has 2 aromatic carbocycles. The number of nitro groups is 1. The summed E-state index contributed by atoms with van der Waals surface area (Å²) in [6.45, 7) is 4.64. The molecule has 2 rings (SSSR count). The van der Waals surface area contributed by atoms with Gasteiger partial charge in [0, 0.05) is 24.7 Å². The van der Waals surface area contributed by atoms with Crippen molar-refractivity contribution in [3.63, 3.8) is 0 Å². The minimum absolute atomic E-state index is 0.0106. The molecule has 0 radical (unpaired) electrons. The second kappa shape index (κ2) is 13.8. The number of nitrogens with one attached hydrogen (secondary N) is 1. The molecular weight excluding hydrogens is 571 g/mol. The van der Waals surface area contributed by atoms with Crippen LogP contribution < -0.4 is 14.4 Å². The summed E-state index contributed by atoms with van der Waals surface area (Å²) in [5.41, 5.74) is -0.0144. The van der Waals surface area contributed by atoms with Crippen LogP contribution in [-0.4, -0.2) is 62.0 Å².